The average Bonchev–Trinajstić information content (AvgIpc) is 2.55. The van der Waals surface area contributed by atoms with E-state index in [4.69, 9.17) is 21.1 Å². The average molecular weight is 305 g/mol. The van der Waals surface area contributed by atoms with E-state index in [1.54, 1.807) is 14.2 Å². The molecule has 1 unspecified atom stereocenters. The van der Waals surface area contributed by atoms with Gasteiger partial charge in [-0.1, -0.05) is 24.3 Å². The van der Waals surface area contributed by atoms with Crippen molar-refractivity contribution in [2.45, 2.75) is 12.8 Å². The van der Waals surface area contributed by atoms with Crippen molar-refractivity contribution in [2.75, 3.05) is 20.1 Å². The van der Waals surface area contributed by atoms with Crippen LogP contribution in [-0.2, 0) is 12.8 Å². The number of hydrogen-bond donors (Lipinski definition) is 0. The zero-order chi connectivity index (χ0) is 15.1. The Balaban J connectivity index is 2.01. The second kappa shape index (κ2) is 7.94. The Morgan fingerprint density at radius 1 is 0.857 bits per heavy atom. The zero-order valence-corrected chi connectivity index (χ0v) is 13.3. The fraction of sp³-hybridized carbons (Fsp3) is 0.333. The molecule has 0 aliphatic carbocycles. The molecular weight excluding hydrogens is 284 g/mol. The quantitative estimate of drug-likeness (QED) is 0.708. The summed E-state index contributed by atoms with van der Waals surface area (Å²) in [6.07, 6.45) is 1.91. The summed E-state index contributed by atoms with van der Waals surface area (Å²) in [7, 11) is 3.37. The summed E-state index contributed by atoms with van der Waals surface area (Å²) in [6, 6.07) is 16.4. The molecule has 0 aliphatic rings. The fourth-order valence-corrected chi connectivity index (χ4v) is 2.63. The molecule has 2 nitrogen and oxygen atoms in total. The van der Waals surface area contributed by atoms with Crippen molar-refractivity contribution in [3.05, 3.63) is 59.7 Å². The van der Waals surface area contributed by atoms with E-state index in [1.165, 1.54) is 11.1 Å². The van der Waals surface area contributed by atoms with Gasteiger partial charge in [-0.3, -0.25) is 0 Å². The molecule has 2 aromatic rings. The van der Waals surface area contributed by atoms with Gasteiger partial charge in [-0.05, 0) is 54.2 Å². The first-order chi connectivity index (χ1) is 10.2. The van der Waals surface area contributed by atoms with Crippen LogP contribution in [-0.4, -0.2) is 20.1 Å². The van der Waals surface area contributed by atoms with Gasteiger partial charge in [0, 0.05) is 5.88 Å². The van der Waals surface area contributed by atoms with Crippen LogP contribution in [0.2, 0.25) is 0 Å². The molecule has 0 fully saturated rings. The van der Waals surface area contributed by atoms with Crippen LogP contribution in [0, 0.1) is 5.92 Å². The van der Waals surface area contributed by atoms with E-state index in [1.807, 2.05) is 24.3 Å². The minimum atomic E-state index is 0.409. The van der Waals surface area contributed by atoms with E-state index in [-0.39, 0.29) is 0 Å². The Morgan fingerprint density at radius 2 is 1.52 bits per heavy atom. The molecule has 2 rings (SSSR count). The fourth-order valence-electron chi connectivity index (χ4n) is 2.41. The van der Waals surface area contributed by atoms with Gasteiger partial charge >= 0.3 is 0 Å². The number of ether oxygens (including phenoxy) is 2. The maximum atomic E-state index is 6.14. The number of rotatable bonds is 7. The van der Waals surface area contributed by atoms with Gasteiger partial charge in [0.15, 0.2) is 0 Å². The second-order valence-corrected chi connectivity index (χ2v) is 5.44. The monoisotopic (exact) mass is 304 g/mol. The highest BCUT2D eigenvalue weighted by Crippen LogP contribution is 2.21. The number of benzene rings is 2. The molecule has 0 bridgehead atoms. The van der Waals surface area contributed by atoms with Crippen molar-refractivity contribution < 1.29 is 9.47 Å². The van der Waals surface area contributed by atoms with Gasteiger partial charge in [0.05, 0.1) is 14.2 Å². The molecule has 0 spiro atoms. The van der Waals surface area contributed by atoms with Crippen molar-refractivity contribution in [1.82, 2.24) is 0 Å². The van der Waals surface area contributed by atoms with Gasteiger partial charge in [0.25, 0.3) is 0 Å². The Bertz CT molecular complexity index is 551. The maximum Gasteiger partial charge on any atom is 0.119 e. The normalized spacial score (nSPS) is 12.0. The van der Waals surface area contributed by atoms with E-state index in [0.717, 1.165) is 24.3 Å². The summed E-state index contributed by atoms with van der Waals surface area (Å²) in [4.78, 5) is 0. The lowest BCUT2D eigenvalue weighted by Crippen LogP contribution is -2.10. The largest absolute Gasteiger partial charge is 0.497 e. The molecule has 0 amide bonds. The van der Waals surface area contributed by atoms with E-state index in [9.17, 15) is 0 Å². The third kappa shape index (κ3) is 4.68. The van der Waals surface area contributed by atoms with Crippen LogP contribution in [0.25, 0.3) is 0 Å². The van der Waals surface area contributed by atoms with Crippen LogP contribution in [0.5, 0.6) is 11.5 Å². The van der Waals surface area contributed by atoms with Crippen molar-refractivity contribution >= 4 is 11.6 Å². The highest BCUT2D eigenvalue weighted by atomic mass is 35.5. The van der Waals surface area contributed by atoms with Crippen LogP contribution in [0.3, 0.4) is 0 Å². The zero-order valence-electron chi connectivity index (χ0n) is 12.5. The third-order valence-corrected chi connectivity index (χ3v) is 4.00. The van der Waals surface area contributed by atoms with Gasteiger partial charge in [-0.25, -0.2) is 0 Å². The lowest BCUT2D eigenvalue weighted by Gasteiger charge is -2.15. The minimum Gasteiger partial charge on any atom is -0.497 e. The summed E-state index contributed by atoms with van der Waals surface area (Å²) in [5.74, 6) is 2.83. The lowest BCUT2D eigenvalue weighted by molar-refractivity contribution is 0.413. The molecule has 0 saturated carbocycles. The van der Waals surface area contributed by atoms with Crippen LogP contribution in [0.1, 0.15) is 11.1 Å². The van der Waals surface area contributed by atoms with Crippen molar-refractivity contribution in [3.8, 4) is 11.5 Å². The van der Waals surface area contributed by atoms with Crippen LogP contribution in [0.15, 0.2) is 48.5 Å². The van der Waals surface area contributed by atoms with Gasteiger partial charge in [-0.2, -0.15) is 0 Å². The van der Waals surface area contributed by atoms with Gasteiger partial charge < -0.3 is 9.47 Å². The molecule has 0 radical (unpaired) electrons. The Morgan fingerprint density at radius 3 is 2.14 bits per heavy atom. The third-order valence-electron chi connectivity index (χ3n) is 3.56. The Hall–Kier alpha value is -1.67. The summed E-state index contributed by atoms with van der Waals surface area (Å²) in [6.45, 7) is 0. The number of halogens is 1. The topological polar surface area (TPSA) is 18.5 Å². The Labute approximate surface area is 131 Å². The molecule has 0 saturated heterocycles. The Kier molecular flexibility index (Phi) is 5.94. The second-order valence-electron chi connectivity index (χ2n) is 5.13. The lowest BCUT2D eigenvalue weighted by atomic mass is 9.94. The summed E-state index contributed by atoms with van der Waals surface area (Å²) in [5, 5.41) is 0. The summed E-state index contributed by atoms with van der Waals surface area (Å²) in [5.41, 5.74) is 2.54. The molecule has 21 heavy (non-hydrogen) atoms. The van der Waals surface area contributed by atoms with Gasteiger partial charge in [-0.15, -0.1) is 11.6 Å². The molecule has 3 heteroatoms. The molecule has 0 N–H and O–H groups in total. The number of alkyl halides is 1. The summed E-state index contributed by atoms with van der Waals surface area (Å²) < 4.78 is 10.4. The van der Waals surface area contributed by atoms with Crippen molar-refractivity contribution in [1.29, 1.82) is 0 Å². The van der Waals surface area contributed by atoms with E-state index in [2.05, 4.69) is 24.3 Å². The molecule has 112 valence electrons. The molecule has 2 aromatic carbocycles. The molecule has 0 aliphatic heterocycles. The highest BCUT2D eigenvalue weighted by Gasteiger charge is 2.10. The van der Waals surface area contributed by atoms with Crippen LogP contribution in [0.4, 0.5) is 0 Å². The van der Waals surface area contributed by atoms with Crippen molar-refractivity contribution in [3.63, 3.8) is 0 Å². The van der Waals surface area contributed by atoms with E-state index < -0.39 is 0 Å². The molecular formula is C18H21ClO2. The maximum absolute atomic E-state index is 6.14. The van der Waals surface area contributed by atoms with E-state index >= 15 is 0 Å². The van der Waals surface area contributed by atoms with Crippen LogP contribution >= 0.6 is 11.6 Å². The van der Waals surface area contributed by atoms with Gasteiger partial charge in [0.2, 0.25) is 0 Å². The smallest absolute Gasteiger partial charge is 0.119 e. The van der Waals surface area contributed by atoms with Gasteiger partial charge in [0.1, 0.15) is 11.5 Å². The SMILES string of the molecule is COc1ccc(CC(CCl)Cc2cccc(OC)c2)cc1. The minimum absolute atomic E-state index is 0.409. The first kappa shape index (κ1) is 15.7. The number of hydrogen-bond acceptors (Lipinski definition) is 2. The first-order valence-corrected chi connectivity index (χ1v) is 7.60. The predicted molar refractivity (Wildman–Crippen MR) is 87.6 cm³/mol. The molecule has 1 atom stereocenters. The number of methoxy groups -OCH3 is 2. The summed E-state index contributed by atoms with van der Waals surface area (Å²) >= 11 is 6.14. The van der Waals surface area contributed by atoms with E-state index in [0.29, 0.717) is 11.8 Å². The standard InChI is InChI=1S/C18H21ClO2/c1-20-17-8-6-14(7-9-17)10-16(13-19)11-15-4-3-5-18(12-15)21-2/h3-9,12,16H,10-11,13H2,1-2H3. The van der Waals surface area contributed by atoms with Crippen molar-refractivity contribution in [2.24, 2.45) is 5.92 Å². The highest BCUT2D eigenvalue weighted by molar-refractivity contribution is 6.18. The predicted octanol–water partition coefficient (Wildman–Crippen LogP) is 4.34. The molecule has 0 heterocycles. The molecule has 0 aromatic heterocycles. The first-order valence-electron chi connectivity index (χ1n) is 7.07. The van der Waals surface area contributed by atoms with Crippen LogP contribution < -0.4 is 9.47 Å².